The highest BCUT2D eigenvalue weighted by Gasteiger charge is 2.13. The van der Waals surface area contributed by atoms with Crippen molar-refractivity contribution in [2.24, 2.45) is 7.05 Å². The molecular formula is C12H23N5O. The molecule has 0 aliphatic heterocycles. The fraction of sp³-hybridized carbons (Fsp3) is 0.750. The Morgan fingerprint density at radius 1 is 1.39 bits per heavy atom. The van der Waals surface area contributed by atoms with E-state index in [9.17, 15) is 4.79 Å². The van der Waals surface area contributed by atoms with Gasteiger partial charge in [-0.05, 0) is 6.42 Å². The van der Waals surface area contributed by atoms with Gasteiger partial charge in [0.1, 0.15) is 6.33 Å². The summed E-state index contributed by atoms with van der Waals surface area (Å²) in [5.41, 5.74) is 0. The maximum atomic E-state index is 11.8. The summed E-state index contributed by atoms with van der Waals surface area (Å²) in [6.07, 6.45) is 7.51. The number of carbonyl (C=O) groups excluding carboxylic acids is 1. The number of nitrogens with zero attached hydrogens (tertiary/aromatic N) is 4. The highest BCUT2D eigenvalue weighted by Crippen LogP contribution is 2.03. The summed E-state index contributed by atoms with van der Waals surface area (Å²) in [6.45, 7) is 2.90. The normalized spacial score (nSPS) is 10.4. The number of anilines is 1. The fourth-order valence-corrected chi connectivity index (χ4v) is 1.61. The van der Waals surface area contributed by atoms with Crippen LogP contribution in [-0.2, 0) is 7.05 Å². The van der Waals surface area contributed by atoms with E-state index in [2.05, 4.69) is 22.3 Å². The highest BCUT2D eigenvalue weighted by atomic mass is 16.2. The van der Waals surface area contributed by atoms with Gasteiger partial charge in [0.25, 0.3) is 5.95 Å². The second kappa shape index (κ2) is 7.68. The number of aromatic nitrogens is 3. The van der Waals surface area contributed by atoms with E-state index in [1.807, 2.05) is 0 Å². The summed E-state index contributed by atoms with van der Waals surface area (Å²) in [5.74, 6) is 0.418. The van der Waals surface area contributed by atoms with Crippen molar-refractivity contribution in [3.63, 3.8) is 0 Å². The first kappa shape index (κ1) is 14.5. The molecule has 1 aromatic heterocycles. The molecule has 0 aliphatic rings. The SMILES string of the molecule is CCCCCCCNC(=O)N(C)c1ncn(C)n1. The van der Waals surface area contributed by atoms with Gasteiger partial charge in [-0.1, -0.05) is 32.6 Å². The molecule has 1 aromatic rings. The van der Waals surface area contributed by atoms with Gasteiger partial charge in [-0.25, -0.2) is 9.78 Å². The fourth-order valence-electron chi connectivity index (χ4n) is 1.61. The molecule has 6 nitrogen and oxygen atoms in total. The van der Waals surface area contributed by atoms with Crippen LogP contribution < -0.4 is 10.2 Å². The quantitative estimate of drug-likeness (QED) is 0.755. The van der Waals surface area contributed by atoms with Crippen molar-refractivity contribution >= 4 is 12.0 Å². The molecule has 0 aromatic carbocycles. The van der Waals surface area contributed by atoms with Crippen LogP contribution in [0.4, 0.5) is 10.7 Å². The van der Waals surface area contributed by atoms with Gasteiger partial charge in [-0.15, -0.1) is 5.10 Å². The summed E-state index contributed by atoms with van der Waals surface area (Å²) in [5, 5.41) is 6.94. The van der Waals surface area contributed by atoms with E-state index in [1.165, 1.54) is 30.6 Å². The van der Waals surface area contributed by atoms with E-state index in [-0.39, 0.29) is 6.03 Å². The minimum absolute atomic E-state index is 0.156. The maximum Gasteiger partial charge on any atom is 0.324 e. The van der Waals surface area contributed by atoms with Gasteiger partial charge in [0.2, 0.25) is 0 Å². The first-order valence-electron chi connectivity index (χ1n) is 6.52. The Balaban J connectivity index is 2.20. The van der Waals surface area contributed by atoms with Crippen molar-refractivity contribution < 1.29 is 4.79 Å². The molecule has 1 rings (SSSR count). The average Bonchev–Trinajstić information content (AvgIpc) is 2.79. The summed E-state index contributed by atoms with van der Waals surface area (Å²) >= 11 is 0. The van der Waals surface area contributed by atoms with Crippen molar-refractivity contribution in [1.82, 2.24) is 20.1 Å². The Morgan fingerprint density at radius 3 is 2.72 bits per heavy atom. The van der Waals surface area contributed by atoms with Crippen LogP contribution in [0, 0.1) is 0 Å². The highest BCUT2D eigenvalue weighted by molar-refractivity contribution is 5.89. The van der Waals surface area contributed by atoms with Crippen molar-refractivity contribution in [3.8, 4) is 0 Å². The Hall–Kier alpha value is -1.59. The molecular weight excluding hydrogens is 230 g/mol. The van der Waals surface area contributed by atoms with Gasteiger partial charge in [-0.3, -0.25) is 9.58 Å². The van der Waals surface area contributed by atoms with Gasteiger partial charge in [0.05, 0.1) is 0 Å². The van der Waals surface area contributed by atoms with Crippen LogP contribution >= 0.6 is 0 Å². The number of aryl methyl sites for hydroxylation is 1. The number of hydrogen-bond acceptors (Lipinski definition) is 3. The van der Waals surface area contributed by atoms with Crippen LogP contribution in [0.1, 0.15) is 39.0 Å². The lowest BCUT2D eigenvalue weighted by Crippen LogP contribution is -2.38. The Bertz CT molecular complexity index is 363. The van der Waals surface area contributed by atoms with E-state index >= 15 is 0 Å². The van der Waals surface area contributed by atoms with Crippen molar-refractivity contribution in [3.05, 3.63) is 6.33 Å². The Morgan fingerprint density at radius 2 is 2.11 bits per heavy atom. The van der Waals surface area contributed by atoms with Crippen LogP contribution in [-0.4, -0.2) is 34.4 Å². The Kier molecular flexibility index (Phi) is 6.18. The number of rotatable bonds is 7. The van der Waals surface area contributed by atoms with Gasteiger partial charge in [0, 0.05) is 20.6 Å². The van der Waals surface area contributed by atoms with Crippen molar-refractivity contribution in [2.45, 2.75) is 39.0 Å². The molecule has 1 N–H and O–H groups in total. The Labute approximate surface area is 108 Å². The molecule has 0 aliphatic carbocycles. The van der Waals surface area contributed by atoms with Crippen molar-refractivity contribution in [2.75, 3.05) is 18.5 Å². The third kappa shape index (κ3) is 4.73. The minimum atomic E-state index is -0.156. The number of carbonyl (C=O) groups is 1. The van der Waals surface area contributed by atoms with E-state index in [4.69, 9.17) is 0 Å². The van der Waals surface area contributed by atoms with Crippen LogP contribution in [0.3, 0.4) is 0 Å². The van der Waals surface area contributed by atoms with Gasteiger partial charge in [-0.2, -0.15) is 0 Å². The van der Waals surface area contributed by atoms with Crippen LogP contribution in [0.2, 0.25) is 0 Å². The summed E-state index contributed by atoms with van der Waals surface area (Å²) < 4.78 is 1.57. The second-order valence-corrected chi connectivity index (χ2v) is 4.42. The van der Waals surface area contributed by atoms with E-state index < -0.39 is 0 Å². The van der Waals surface area contributed by atoms with E-state index in [1.54, 1.807) is 25.1 Å². The molecule has 6 heteroatoms. The van der Waals surface area contributed by atoms with E-state index in [0.29, 0.717) is 12.5 Å². The molecule has 1 heterocycles. The third-order valence-electron chi connectivity index (χ3n) is 2.75. The van der Waals surface area contributed by atoms with Crippen LogP contribution in [0.15, 0.2) is 6.33 Å². The number of nitrogens with one attached hydrogen (secondary N) is 1. The predicted molar refractivity (Wildman–Crippen MR) is 71.6 cm³/mol. The zero-order chi connectivity index (χ0) is 13.4. The number of unbranched alkanes of at least 4 members (excludes halogenated alkanes) is 4. The second-order valence-electron chi connectivity index (χ2n) is 4.42. The lowest BCUT2D eigenvalue weighted by Gasteiger charge is -2.13. The molecule has 18 heavy (non-hydrogen) atoms. The molecule has 0 bridgehead atoms. The minimum Gasteiger partial charge on any atom is -0.338 e. The summed E-state index contributed by atoms with van der Waals surface area (Å²) in [6, 6.07) is -0.156. The molecule has 0 unspecified atom stereocenters. The van der Waals surface area contributed by atoms with Crippen LogP contribution in [0.25, 0.3) is 0 Å². The monoisotopic (exact) mass is 253 g/mol. The molecule has 0 fully saturated rings. The molecule has 0 saturated heterocycles. The van der Waals surface area contributed by atoms with Gasteiger partial charge < -0.3 is 5.32 Å². The lowest BCUT2D eigenvalue weighted by molar-refractivity contribution is 0.247. The topological polar surface area (TPSA) is 63.1 Å². The van der Waals surface area contributed by atoms with Gasteiger partial charge >= 0.3 is 6.03 Å². The third-order valence-corrected chi connectivity index (χ3v) is 2.75. The first-order chi connectivity index (χ1) is 8.65. The molecule has 0 saturated carbocycles. The van der Waals surface area contributed by atoms with Crippen LogP contribution in [0.5, 0.6) is 0 Å². The van der Waals surface area contributed by atoms with Crippen molar-refractivity contribution in [1.29, 1.82) is 0 Å². The number of amides is 2. The predicted octanol–water partition coefficient (Wildman–Crippen LogP) is 1.93. The first-order valence-corrected chi connectivity index (χ1v) is 6.52. The smallest absolute Gasteiger partial charge is 0.324 e. The van der Waals surface area contributed by atoms with E-state index in [0.717, 1.165) is 6.42 Å². The average molecular weight is 253 g/mol. The maximum absolute atomic E-state index is 11.8. The molecule has 2 amide bonds. The molecule has 0 atom stereocenters. The number of hydrogen-bond donors (Lipinski definition) is 1. The largest absolute Gasteiger partial charge is 0.338 e. The zero-order valence-electron chi connectivity index (χ0n) is 11.5. The summed E-state index contributed by atoms with van der Waals surface area (Å²) in [4.78, 5) is 17.2. The summed E-state index contributed by atoms with van der Waals surface area (Å²) in [7, 11) is 3.44. The molecule has 0 radical (unpaired) electrons. The van der Waals surface area contributed by atoms with Gasteiger partial charge in [0.15, 0.2) is 0 Å². The zero-order valence-corrected chi connectivity index (χ0v) is 11.5. The molecule has 0 spiro atoms. The lowest BCUT2D eigenvalue weighted by atomic mass is 10.1. The standard InChI is InChI=1S/C12H23N5O/c1-4-5-6-7-8-9-13-12(18)17(3)11-14-10-16(2)15-11/h10H,4-9H2,1-3H3,(H,13,18). The molecule has 102 valence electrons. The number of urea groups is 1.